The number of nitrogens with one attached hydrogen (secondary N) is 1. The molecule has 1 saturated heterocycles. The molecule has 2 aromatic rings. The van der Waals surface area contributed by atoms with Gasteiger partial charge in [-0.25, -0.2) is 9.98 Å². The molecule has 3 rings (SSSR count). The number of rotatable bonds is 4. The molecule has 0 spiro atoms. The Morgan fingerprint density at radius 2 is 2.32 bits per heavy atom. The van der Waals surface area contributed by atoms with E-state index in [4.69, 9.17) is 4.52 Å². The maximum absolute atomic E-state index is 5.15. The standard InChI is InChI=1S/C16H25N7O.HI/c1-4-18-16(19-9-15-20-13(3)21-24-15)22-7-5-12(2)14(10-22)23-8-6-17-11-23;/h6,8,11-12,14H,4-5,7,9-10H2,1-3H3,(H,18,19);1H. The maximum atomic E-state index is 5.15. The first kappa shape index (κ1) is 19.7. The van der Waals surface area contributed by atoms with Crippen molar-refractivity contribution in [2.24, 2.45) is 10.9 Å². The molecule has 2 aromatic heterocycles. The molecule has 3 heterocycles. The van der Waals surface area contributed by atoms with Crippen LogP contribution in [0, 0.1) is 12.8 Å². The molecule has 9 heteroatoms. The maximum Gasteiger partial charge on any atom is 0.248 e. The predicted octanol–water partition coefficient (Wildman–Crippen LogP) is 2.24. The number of aromatic nitrogens is 4. The van der Waals surface area contributed by atoms with E-state index in [1.54, 1.807) is 0 Å². The zero-order valence-corrected chi connectivity index (χ0v) is 17.3. The van der Waals surface area contributed by atoms with E-state index in [1.807, 2.05) is 25.6 Å². The van der Waals surface area contributed by atoms with Crippen LogP contribution in [0.4, 0.5) is 0 Å². The van der Waals surface area contributed by atoms with E-state index in [9.17, 15) is 0 Å². The molecule has 2 unspecified atom stereocenters. The normalized spacial score (nSPS) is 21.1. The fourth-order valence-electron chi connectivity index (χ4n) is 3.07. The van der Waals surface area contributed by atoms with Gasteiger partial charge >= 0.3 is 0 Å². The smallest absolute Gasteiger partial charge is 0.248 e. The Morgan fingerprint density at radius 1 is 1.48 bits per heavy atom. The summed E-state index contributed by atoms with van der Waals surface area (Å²) in [6.45, 7) is 9.30. The zero-order chi connectivity index (χ0) is 16.9. The molecule has 1 N–H and O–H groups in total. The first-order valence-corrected chi connectivity index (χ1v) is 8.47. The number of hydrogen-bond donors (Lipinski definition) is 1. The highest BCUT2D eigenvalue weighted by atomic mass is 127. The summed E-state index contributed by atoms with van der Waals surface area (Å²) in [5.41, 5.74) is 0. The molecule has 0 aromatic carbocycles. The van der Waals surface area contributed by atoms with E-state index in [1.165, 1.54) is 0 Å². The minimum absolute atomic E-state index is 0. The Morgan fingerprint density at radius 3 is 2.96 bits per heavy atom. The van der Waals surface area contributed by atoms with Crippen LogP contribution in [0.15, 0.2) is 28.2 Å². The molecular weight excluding hydrogens is 433 g/mol. The fraction of sp³-hybridized carbons (Fsp3) is 0.625. The molecule has 0 bridgehead atoms. The van der Waals surface area contributed by atoms with E-state index in [0.29, 0.717) is 30.2 Å². The van der Waals surface area contributed by atoms with Crippen LogP contribution in [0.3, 0.4) is 0 Å². The van der Waals surface area contributed by atoms with Crippen molar-refractivity contribution in [3.8, 4) is 0 Å². The van der Waals surface area contributed by atoms with Crippen molar-refractivity contribution in [1.29, 1.82) is 0 Å². The van der Waals surface area contributed by atoms with Crippen LogP contribution in [0.2, 0.25) is 0 Å². The average molecular weight is 459 g/mol. The predicted molar refractivity (Wildman–Crippen MR) is 106 cm³/mol. The second-order valence-electron chi connectivity index (χ2n) is 6.19. The van der Waals surface area contributed by atoms with E-state index >= 15 is 0 Å². The third-order valence-electron chi connectivity index (χ3n) is 4.39. The third-order valence-corrected chi connectivity index (χ3v) is 4.39. The van der Waals surface area contributed by atoms with Gasteiger partial charge in [-0.1, -0.05) is 12.1 Å². The summed E-state index contributed by atoms with van der Waals surface area (Å²) in [5, 5.41) is 7.18. The summed E-state index contributed by atoms with van der Waals surface area (Å²) >= 11 is 0. The molecule has 138 valence electrons. The zero-order valence-electron chi connectivity index (χ0n) is 14.9. The number of hydrogen-bond acceptors (Lipinski definition) is 5. The molecule has 25 heavy (non-hydrogen) atoms. The van der Waals surface area contributed by atoms with E-state index in [2.05, 4.69) is 48.7 Å². The minimum atomic E-state index is 0. The molecular formula is C16H26IN7O. The molecule has 2 atom stereocenters. The van der Waals surface area contributed by atoms with Crippen LogP contribution >= 0.6 is 24.0 Å². The summed E-state index contributed by atoms with van der Waals surface area (Å²) in [6, 6.07) is 0.399. The number of aryl methyl sites for hydroxylation is 1. The van der Waals surface area contributed by atoms with Gasteiger partial charge in [0.25, 0.3) is 0 Å². The topological polar surface area (TPSA) is 84.4 Å². The van der Waals surface area contributed by atoms with Gasteiger partial charge in [0.1, 0.15) is 6.54 Å². The summed E-state index contributed by atoms with van der Waals surface area (Å²) in [7, 11) is 0. The van der Waals surface area contributed by atoms with Crippen molar-refractivity contribution in [1.82, 2.24) is 29.9 Å². The first-order valence-electron chi connectivity index (χ1n) is 8.47. The van der Waals surface area contributed by atoms with Gasteiger partial charge in [0.05, 0.1) is 12.4 Å². The quantitative estimate of drug-likeness (QED) is 0.429. The summed E-state index contributed by atoms with van der Waals surface area (Å²) in [5.74, 6) is 2.68. The van der Waals surface area contributed by atoms with Crippen LogP contribution < -0.4 is 5.32 Å². The highest BCUT2D eigenvalue weighted by Gasteiger charge is 2.28. The van der Waals surface area contributed by atoms with Gasteiger partial charge in [0, 0.05) is 32.0 Å². The van der Waals surface area contributed by atoms with Gasteiger partial charge in [0.15, 0.2) is 11.8 Å². The number of piperidine rings is 1. The molecule has 1 aliphatic rings. The Bertz CT molecular complexity index is 670. The Balaban J connectivity index is 0.00000225. The lowest BCUT2D eigenvalue weighted by molar-refractivity contribution is 0.189. The first-order chi connectivity index (χ1) is 11.7. The lowest BCUT2D eigenvalue weighted by atomic mass is 9.93. The van der Waals surface area contributed by atoms with Gasteiger partial charge < -0.3 is 19.3 Å². The average Bonchev–Trinajstić information content (AvgIpc) is 3.24. The van der Waals surface area contributed by atoms with Crippen LogP contribution in [0.5, 0.6) is 0 Å². The van der Waals surface area contributed by atoms with Gasteiger partial charge in [-0.05, 0) is 26.2 Å². The third kappa shape index (κ3) is 4.93. The number of halogens is 1. The molecule has 8 nitrogen and oxygen atoms in total. The van der Waals surface area contributed by atoms with E-state index in [0.717, 1.165) is 32.0 Å². The lowest BCUT2D eigenvalue weighted by Gasteiger charge is -2.39. The van der Waals surface area contributed by atoms with Crippen LogP contribution in [-0.4, -0.2) is 50.2 Å². The molecule has 1 fully saturated rings. The second kappa shape index (κ2) is 9.16. The lowest BCUT2D eigenvalue weighted by Crippen LogP contribution is -2.49. The molecule has 0 radical (unpaired) electrons. The number of likely N-dealkylation sites (tertiary alicyclic amines) is 1. The van der Waals surface area contributed by atoms with Crippen molar-refractivity contribution in [3.63, 3.8) is 0 Å². The van der Waals surface area contributed by atoms with Crippen molar-refractivity contribution in [2.75, 3.05) is 19.6 Å². The molecule has 1 aliphatic heterocycles. The number of nitrogens with zero attached hydrogens (tertiary/aromatic N) is 6. The van der Waals surface area contributed by atoms with E-state index < -0.39 is 0 Å². The van der Waals surface area contributed by atoms with Crippen LogP contribution in [0.1, 0.15) is 38.0 Å². The van der Waals surface area contributed by atoms with Gasteiger partial charge in [-0.15, -0.1) is 24.0 Å². The SMILES string of the molecule is CCNC(=NCc1nc(C)no1)N1CCC(C)C(n2ccnc2)C1.I. The second-order valence-corrected chi connectivity index (χ2v) is 6.19. The summed E-state index contributed by atoms with van der Waals surface area (Å²) in [6.07, 6.45) is 6.89. The largest absolute Gasteiger partial charge is 0.357 e. The highest BCUT2D eigenvalue weighted by Crippen LogP contribution is 2.27. The van der Waals surface area contributed by atoms with Crippen molar-refractivity contribution < 1.29 is 4.52 Å². The minimum Gasteiger partial charge on any atom is -0.357 e. The van der Waals surface area contributed by atoms with Crippen LogP contribution in [-0.2, 0) is 6.54 Å². The van der Waals surface area contributed by atoms with Gasteiger partial charge in [-0.3, -0.25) is 0 Å². The summed E-state index contributed by atoms with van der Waals surface area (Å²) in [4.78, 5) is 15.4. The molecule has 0 aliphatic carbocycles. The Hall–Kier alpha value is -1.65. The van der Waals surface area contributed by atoms with Crippen LogP contribution in [0.25, 0.3) is 0 Å². The van der Waals surface area contributed by atoms with Crippen molar-refractivity contribution in [3.05, 3.63) is 30.4 Å². The number of imidazole rings is 1. The molecule has 0 saturated carbocycles. The van der Waals surface area contributed by atoms with Crippen molar-refractivity contribution in [2.45, 2.75) is 39.8 Å². The molecule has 0 amide bonds. The Labute approximate surface area is 165 Å². The monoisotopic (exact) mass is 459 g/mol. The number of aliphatic imine (C=N–C) groups is 1. The highest BCUT2D eigenvalue weighted by molar-refractivity contribution is 14.0. The van der Waals surface area contributed by atoms with Crippen molar-refractivity contribution >= 4 is 29.9 Å². The fourth-order valence-corrected chi connectivity index (χ4v) is 3.07. The Kier molecular flexibility index (Phi) is 7.21. The van der Waals surface area contributed by atoms with E-state index in [-0.39, 0.29) is 24.0 Å². The number of guanidine groups is 1. The van der Waals surface area contributed by atoms with Gasteiger partial charge in [0.2, 0.25) is 5.89 Å². The van der Waals surface area contributed by atoms with Gasteiger partial charge in [-0.2, -0.15) is 4.98 Å². The summed E-state index contributed by atoms with van der Waals surface area (Å²) < 4.78 is 7.35.